The maximum Gasteiger partial charge on any atom is 0.226 e. The van der Waals surface area contributed by atoms with Gasteiger partial charge in [0.25, 0.3) is 0 Å². The fourth-order valence-corrected chi connectivity index (χ4v) is 3.60. The van der Waals surface area contributed by atoms with E-state index in [4.69, 9.17) is 0 Å². The molecule has 2 aliphatic rings. The van der Waals surface area contributed by atoms with E-state index in [1.807, 2.05) is 11.9 Å². The number of rotatable bonds is 3. The van der Waals surface area contributed by atoms with E-state index in [0.29, 0.717) is 18.4 Å². The topological polar surface area (TPSA) is 32.3 Å². The maximum absolute atomic E-state index is 12.4. The minimum atomic E-state index is 0. The van der Waals surface area contributed by atoms with Crippen LogP contribution in [0.3, 0.4) is 0 Å². The van der Waals surface area contributed by atoms with Gasteiger partial charge in [-0.15, -0.1) is 12.4 Å². The summed E-state index contributed by atoms with van der Waals surface area (Å²) in [5.74, 6) is 0.292. The van der Waals surface area contributed by atoms with Crippen molar-refractivity contribution in [1.82, 2.24) is 10.2 Å². The Bertz CT molecular complexity index is 510. The number of fused-ring (bicyclic) bond motifs is 1. The monoisotopic (exact) mass is 322 g/mol. The second kappa shape index (κ2) is 7.98. The van der Waals surface area contributed by atoms with Gasteiger partial charge in [0.05, 0.1) is 6.42 Å². The first-order chi connectivity index (χ1) is 10.3. The number of halogens is 1. The van der Waals surface area contributed by atoms with Gasteiger partial charge >= 0.3 is 0 Å². The van der Waals surface area contributed by atoms with Gasteiger partial charge < -0.3 is 10.2 Å². The number of aryl methyl sites for hydroxylation is 2. The van der Waals surface area contributed by atoms with Crippen molar-refractivity contribution in [3.8, 4) is 0 Å². The summed E-state index contributed by atoms with van der Waals surface area (Å²) >= 11 is 0. The fraction of sp³-hybridized carbons (Fsp3) is 0.611. The number of likely N-dealkylation sites (tertiary alicyclic amines) is 1. The summed E-state index contributed by atoms with van der Waals surface area (Å²) in [5.41, 5.74) is 4.16. The van der Waals surface area contributed by atoms with E-state index in [1.165, 1.54) is 42.4 Å². The minimum absolute atomic E-state index is 0. The third-order valence-corrected chi connectivity index (χ3v) is 5.02. The lowest BCUT2D eigenvalue weighted by molar-refractivity contribution is -0.131. The van der Waals surface area contributed by atoms with E-state index < -0.39 is 0 Å². The highest BCUT2D eigenvalue weighted by Crippen LogP contribution is 2.23. The van der Waals surface area contributed by atoms with Crippen molar-refractivity contribution in [3.05, 3.63) is 34.9 Å². The molecular weight excluding hydrogens is 296 g/mol. The van der Waals surface area contributed by atoms with E-state index in [2.05, 4.69) is 23.5 Å². The molecular formula is C18H27ClN2O. The van der Waals surface area contributed by atoms with E-state index >= 15 is 0 Å². The zero-order valence-corrected chi connectivity index (χ0v) is 14.3. The third-order valence-electron chi connectivity index (χ3n) is 5.02. The van der Waals surface area contributed by atoms with Crippen LogP contribution in [0.5, 0.6) is 0 Å². The molecule has 1 fully saturated rings. The van der Waals surface area contributed by atoms with Crippen LogP contribution in [-0.4, -0.2) is 37.0 Å². The van der Waals surface area contributed by atoms with E-state index in [1.54, 1.807) is 0 Å². The number of benzene rings is 1. The predicted molar refractivity (Wildman–Crippen MR) is 92.7 cm³/mol. The lowest BCUT2D eigenvalue weighted by atomic mass is 9.90. The Morgan fingerprint density at radius 1 is 1.18 bits per heavy atom. The molecule has 0 bridgehead atoms. The van der Waals surface area contributed by atoms with Gasteiger partial charge in [0, 0.05) is 19.1 Å². The highest BCUT2D eigenvalue weighted by Gasteiger charge is 2.22. The average Bonchev–Trinajstić information content (AvgIpc) is 2.55. The van der Waals surface area contributed by atoms with Crippen molar-refractivity contribution in [2.75, 3.05) is 20.1 Å². The van der Waals surface area contributed by atoms with Crippen molar-refractivity contribution in [2.45, 2.75) is 51.0 Å². The molecule has 0 radical (unpaired) electrons. The molecule has 22 heavy (non-hydrogen) atoms. The summed E-state index contributed by atoms with van der Waals surface area (Å²) in [6.45, 7) is 1.80. The summed E-state index contributed by atoms with van der Waals surface area (Å²) in [5, 5.41) is 3.31. The Labute approximate surface area is 139 Å². The van der Waals surface area contributed by atoms with Crippen LogP contribution in [-0.2, 0) is 24.1 Å². The smallest absolute Gasteiger partial charge is 0.226 e. The molecule has 1 N–H and O–H groups in total. The third kappa shape index (κ3) is 4.02. The Kier molecular flexibility index (Phi) is 6.27. The predicted octanol–water partition coefficient (Wildman–Crippen LogP) is 2.74. The fourth-order valence-electron chi connectivity index (χ4n) is 3.60. The molecule has 0 spiro atoms. The SMILES string of the molecule is CNC1CCN(C(=O)Cc2ccc3c(c2)CCCC3)CC1.Cl. The van der Waals surface area contributed by atoms with Crippen molar-refractivity contribution in [2.24, 2.45) is 0 Å². The standard InChI is InChI=1S/C18H26N2O.ClH/c1-19-17-8-10-20(11-9-17)18(21)13-14-6-7-15-4-2-3-5-16(15)12-14;/h6-7,12,17,19H,2-5,8-11,13H2,1H3;1H. The van der Waals surface area contributed by atoms with Crippen LogP contribution in [0.25, 0.3) is 0 Å². The Morgan fingerprint density at radius 3 is 2.55 bits per heavy atom. The van der Waals surface area contributed by atoms with Crippen LogP contribution in [0, 0.1) is 0 Å². The van der Waals surface area contributed by atoms with Gasteiger partial charge in [0.2, 0.25) is 5.91 Å². The van der Waals surface area contributed by atoms with Crippen LogP contribution in [0.15, 0.2) is 18.2 Å². The normalized spacial score (nSPS) is 18.5. The van der Waals surface area contributed by atoms with Crippen LogP contribution >= 0.6 is 12.4 Å². The van der Waals surface area contributed by atoms with Crippen LogP contribution in [0.2, 0.25) is 0 Å². The molecule has 0 saturated carbocycles. The largest absolute Gasteiger partial charge is 0.342 e. The second-order valence-electron chi connectivity index (χ2n) is 6.43. The molecule has 1 aliphatic carbocycles. The molecule has 3 nitrogen and oxygen atoms in total. The number of hydrogen-bond acceptors (Lipinski definition) is 2. The van der Waals surface area contributed by atoms with Gasteiger partial charge in [-0.2, -0.15) is 0 Å². The summed E-state index contributed by atoms with van der Waals surface area (Å²) in [4.78, 5) is 14.5. The zero-order valence-electron chi connectivity index (χ0n) is 13.4. The summed E-state index contributed by atoms with van der Waals surface area (Å²) in [6, 6.07) is 7.25. The molecule has 122 valence electrons. The summed E-state index contributed by atoms with van der Waals surface area (Å²) in [6.07, 6.45) is 7.72. The number of carbonyl (C=O) groups excluding carboxylic acids is 1. The van der Waals surface area contributed by atoms with Crippen molar-refractivity contribution in [1.29, 1.82) is 0 Å². The first kappa shape index (κ1) is 17.3. The molecule has 1 heterocycles. The molecule has 1 amide bonds. The molecule has 4 heteroatoms. The van der Waals surface area contributed by atoms with Gasteiger partial charge in [-0.05, 0) is 62.3 Å². The zero-order chi connectivity index (χ0) is 14.7. The van der Waals surface area contributed by atoms with Crippen molar-refractivity contribution >= 4 is 18.3 Å². The molecule has 1 aromatic rings. The molecule has 1 aromatic carbocycles. The summed E-state index contributed by atoms with van der Waals surface area (Å²) < 4.78 is 0. The first-order valence-electron chi connectivity index (χ1n) is 8.32. The quantitative estimate of drug-likeness (QED) is 0.928. The van der Waals surface area contributed by atoms with Gasteiger partial charge in [0.1, 0.15) is 0 Å². The Hall–Kier alpha value is -1.06. The average molecular weight is 323 g/mol. The first-order valence-corrected chi connectivity index (χ1v) is 8.32. The van der Waals surface area contributed by atoms with Gasteiger partial charge in [-0.1, -0.05) is 18.2 Å². The van der Waals surface area contributed by atoms with Gasteiger partial charge in [-0.25, -0.2) is 0 Å². The highest BCUT2D eigenvalue weighted by molar-refractivity contribution is 5.85. The number of nitrogens with zero attached hydrogens (tertiary/aromatic N) is 1. The van der Waals surface area contributed by atoms with E-state index in [-0.39, 0.29) is 12.4 Å². The molecule has 0 unspecified atom stereocenters. The number of nitrogens with one attached hydrogen (secondary N) is 1. The molecule has 1 aliphatic heterocycles. The van der Waals surface area contributed by atoms with Crippen LogP contribution in [0.4, 0.5) is 0 Å². The van der Waals surface area contributed by atoms with E-state index in [0.717, 1.165) is 25.9 Å². The summed E-state index contributed by atoms with van der Waals surface area (Å²) in [7, 11) is 2.01. The van der Waals surface area contributed by atoms with Crippen LogP contribution in [0.1, 0.15) is 42.4 Å². The molecule has 0 atom stereocenters. The molecule has 1 saturated heterocycles. The number of piperidine rings is 1. The highest BCUT2D eigenvalue weighted by atomic mass is 35.5. The Morgan fingerprint density at radius 2 is 1.86 bits per heavy atom. The number of amides is 1. The number of carbonyl (C=O) groups is 1. The van der Waals surface area contributed by atoms with E-state index in [9.17, 15) is 4.79 Å². The lowest BCUT2D eigenvalue weighted by Gasteiger charge is -2.32. The lowest BCUT2D eigenvalue weighted by Crippen LogP contribution is -2.44. The number of hydrogen-bond donors (Lipinski definition) is 1. The maximum atomic E-state index is 12.4. The molecule has 3 rings (SSSR count). The molecule has 0 aromatic heterocycles. The van der Waals surface area contributed by atoms with Crippen LogP contribution < -0.4 is 5.32 Å². The van der Waals surface area contributed by atoms with Crippen molar-refractivity contribution < 1.29 is 4.79 Å². The van der Waals surface area contributed by atoms with Crippen molar-refractivity contribution in [3.63, 3.8) is 0 Å². The second-order valence-corrected chi connectivity index (χ2v) is 6.43. The Balaban J connectivity index is 0.00000176. The van der Waals surface area contributed by atoms with Gasteiger partial charge in [-0.3, -0.25) is 4.79 Å². The van der Waals surface area contributed by atoms with Gasteiger partial charge in [0.15, 0.2) is 0 Å². The minimum Gasteiger partial charge on any atom is -0.342 e.